The van der Waals surface area contributed by atoms with Crippen molar-refractivity contribution >= 4 is 29.2 Å². The van der Waals surface area contributed by atoms with Crippen LogP contribution in [-0.4, -0.2) is 36.0 Å². The van der Waals surface area contributed by atoms with E-state index in [-0.39, 0.29) is 22.1 Å². The molecule has 0 aliphatic rings. The molecule has 0 atom stereocenters. The highest BCUT2D eigenvalue weighted by Crippen LogP contribution is 2.25. The van der Waals surface area contributed by atoms with Crippen LogP contribution in [0.15, 0.2) is 30.5 Å². The Morgan fingerprint density at radius 2 is 2.06 bits per heavy atom. The summed E-state index contributed by atoms with van der Waals surface area (Å²) in [5.74, 6) is -0.363. The van der Waals surface area contributed by atoms with Crippen LogP contribution in [0.3, 0.4) is 0 Å². The third-order valence-corrected chi connectivity index (χ3v) is 2.34. The first-order valence-corrected chi connectivity index (χ1v) is 5.47. The number of amides is 1. The van der Waals surface area contributed by atoms with Crippen LogP contribution in [0.2, 0.25) is 5.02 Å². The first kappa shape index (κ1) is 14.1. The zero-order chi connectivity index (χ0) is 13.7. The second kappa shape index (κ2) is 6.07. The average Bonchev–Trinajstić information content (AvgIpc) is 2.25. The SMILES string of the molecule is CN(C)/C=C/C(=O)c1c(Cl)cccc1NC(=O)O. The molecule has 0 bridgehead atoms. The zero-order valence-electron chi connectivity index (χ0n) is 9.98. The van der Waals surface area contributed by atoms with Crippen molar-refractivity contribution < 1.29 is 14.7 Å². The van der Waals surface area contributed by atoms with Gasteiger partial charge in [-0.3, -0.25) is 10.1 Å². The second-order valence-electron chi connectivity index (χ2n) is 3.74. The van der Waals surface area contributed by atoms with Crippen molar-refractivity contribution in [2.45, 2.75) is 0 Å². The minimum absolute atomic E-state index is 0.139. The molecule has 6 heteroatoms. The van der Waals surface area contributed by atoms with E-state index < -0.39 is 6.09 Å². The predicted molar refractivity (Wildman–Crippen MR) is 70.3 cm³/mol. The van der Waals surface area contributed by atoms with Crippen LogP contribution in [0.5, 0.6) is 0 Å². The molecule has 18 heavy (non-hydrogen) atoms. The van der Waals surface area contributed by atoms with Gasteiger partial charge in [0.1, 0.15) is 0 Å². The summed E-state index contributed by atoms with van der Waals surface area (Å²) >= 11 is 5.92. The summed E-state index contributed by atoms with van der Waals surface area (Å²) in [7, 11) is 3.54. The molecule has 0 unspecified atom stereocenters. The molecular weight excluding hydrogens is 256 g/mol. The zero-order valence-corrected chi connectivity index (χ0v) is 10.7. The smallest absolute Gasteiger partial charge is 0.409 e. The quantitative estimate of drug-likeness (QED) is 0.651. The number of ketones is 1. The Hall–Kier alpha value is -2.01. The van der Waals surface area contributed by atoms with Crippen molar-refractivity contribution in [3.05, 3.63) is 41.1 Å². The van der Waals surface area contributed by atoms with Crippen LogP contribution < -0.4 is 5.32 Å². The lowest BCUT2D eigenvalue weighted by Gasteiger charge is -2.09. The van der Waals surface area contributed by atoms with Crippen LogP contribution in [0.25, 0.3) is 0 Å². The number of benzene rings is 1. The van der Waals surface area contributed by atoms with Gasteiger partial charge in [0.15, 0.2) is 5.78 Å². The van der Waals surface area contributed by atoms with Crippen molar-refractivity contribution in [3.8, 4) is 0 Å². The van der Waals surface area contributed by atoms with E-state index in [1.54, 1.807) is 31.3 Å². The topological polar surface area (TPSA) is 69.6 Å². The number of carbonyl (C=O) groups excluding carboxylic acids is 1. The molecule has 0 aliphatic heterocycles. The Bertz CT molecular complexity index is 498. The molecule has 0 radical (unpaired) electrons. The lowest BCUT2D eigenvalue weighted by atomic mass is 10.1. The maximum Gasteiger partial charge on any atom is 0.409 e. The van der Waals surface area contributed by atoms with Gasteiger partial charge in [0.25, 0.3) is 0 Å². The molecule has 1 rings (SSSR count). The van der Waals surface area contributed by atoms with Gasteiger partial charge in [0.05, 0.1) is 16.3 Å². The normalized spacial score (nSPS) is 10.4. The number of nitrogens with one attached hydrogen (secondary N) is 1. The Kier molecular flexibility index (Phi) is 4.74. The van der Waals surface area contributed by atoms with Gasteiger partial charge in [-0.2, -0.15) is 0 Å². The molecule has 0 fully saturated rings. The van der Waals surface area contributed by atoms with Crippen molar-refractivity contribution in [2.75, 3.05) is 19.4 Å². The fourth-order valence-electron chi connectivity index (χ4n) is 1.29. The summed E-state index contributed by atoms with van der Waals surface area (Å²) in [5, 5.41) is 11.0. The molecule has 5 nitrogen and oxygen atoms in total. The van der Waals surface area contributed by atoms with Crippen LogP contribution in [0, 0.1) is 0 Å². The molecule has 0 saturated heterocycles. The fraction of sp³-hybridized carbons (Fsp3) is 0.167. The summed E-state index contributed by atoms with van der Waals surface area (Å²) in [6, 6.07) is 4.59. The Labute approximate surface area is 110 Å². The maximum atomic E-state index is 11.9. The van der Waals surface area contributed by atoms with Crippen LogP contribution >= 0.6 is 11.6 Å². The molecule has 0 saturated carbocycles. The molecule has 96 valence electrons. The van der Waals surface area contributed by atoms with Gasteiger partial charge in [-0.15, -0.1) is 0 Å². The number of nitrogens with zero attached hydrogens (tertiary/aromatic N) is 1. The standard InChI is InChI=1S/C12H13ClN2O3/c1-15(2)7-6-10(16)11-8(13)4-3-5-9(11)14-12(17)18/h3-7,14H,1-2H3,(H,17,18)/b7-6+. The van der Waals surface area contributed by atoms with Gasteiger partial charge < -0.3 is 10.0 Å². The highest BCUT2D eigenvalue weighted by atomic mass is 35.5. The van der Waals surface area contributed by atoms with E-state index in [0.29, 0.717) is 0 Å². The maximum absolute atomic E-state index is 11.9. The Morgan fingerprint density at radius 1 is 1.39 bits per heavy atom. The molecule has 1 aromatic rings. The fourth-order valence-corrected chi connectivity index (χ4v) is 1.56. The largest absolute Gasteiger partial charge is 0.465 e. The molecule has 1 amide bonds. The van der Waals surface area contributed by atoms with Gasteiger partial charge in [0.2, 0.25) is 0 Å². The first-order valence-electron chi connectivity index (χ1n) is 5.09. The van der Waals surface area contributed by atoms with Gasteiger partial charge in [-0.1, -0.05) is 17.7 Å². The Balaban J connectivity index is 3.13. The molecule has 1 aromatic carbocycles. The number of halogens is 1. The van der Waals surface area contributed by atoms with E-state index in [9.17, 15) is 9.59 Å². The number of carbonyl (C=O) groups is 2. The summed E-state index contributed by atoms with van der Waals surface area (Å²) in [6.45, 7) is 0. The summed E-state index contributed by atoms with van der Waals surface area (Å²) < 4.78 is 0. The lowest BCUT2D eigenvalue weighted by Crippen LogP contribution is -2.12. The monoisotopic (exact) mass is 268 g/mol. The minimum Gasteiger partial charge on any atom is -0.465 e. The van der Waals surface area contributed by atoms with Crippen molar-refractivity contribution in [2.24, 2.45) is 0 Å². The number of carboxylic acid groups (broad SMARTS) is 1. The average molecular weight is 269 g/mol. The third-order valence-electron chi connectivity index (χ3n) is 2.03. The van der Waals surface area contributed by atoms with Crippen molar-refractivity contribution in [3.63, 3.8) is 0 Å². The number of hydrogen-bond donors (Lipinski definition) is 2. The molecule has 2 N–H and O–H groups in total. The van der Waals surface area contributed by atoms with E-state index in [2.05, 4.69) is 5.32 Å². The number of rotatable bonds is 4. The summed E-state index contributed by atoms with van der Waals surface area (Å²) in [4.78, 5) is 24.3. The molecule has 0 aliphatic carbocycles. The van der Waals surface area contributed by atoms with E-state index in [0.717, 1.165) is 0 Å². The van der Waals surface area contributed by atoms with E-state index in [4.69, 9.17) is 16.7 Å². The molecule has 0 aromatic heterocycles. The Morgan fingerprint density at radius 3 is 2.61 bits per heavy atom. The number of hydrogen-bond acceptors (Lipinski definition) is 3. The highest BCUT2D eigenvalue weighted by molar-refractivity contribution is 6.35. The molecule has 0 spiro atoms. The van der Waals surface area contributed by atoms with Crippen molar-refractivity contribution in [1.82, 2.24) is 4.90 Å². The highest BCUT2D eigenvalue weighted by Gasteiger charge is 2.14. The molecule has 0 heterocycles. The number of allylic oxidation sites excluding steroid dienone is 1. The minimum atomic E-state index is -1.25. The van der Waals surface area contributed by atoms with Crippen LogP contribution in [0.4, 0.5) is 10.5 Å². The van der Waals surface area contributed by atoms with E-state index in [1.807, 2.05) is 0 Å². The second-order valence-corrected chi connectivity index (χ2v) is 4.14. The van der Waals surface area contributed by atoms with Gasteiger partial charge in [-0.05, 0) is 12.1 Å². The number of anilines is 1. The first-order chi connectivity index (χ1) is 8.41. The van der Waals surface area contributed by atoms with E-state index in [1.165, 1.54) is 18.2 Å². The predicted octanol–water partition coefficient (Wildman–Crippen LogP) is 2.69. The summed E-state index contributed by atoms with van der Waals surface area (Å²) in [6.07, 6.45) is 1.65. The van der Waals surface area contributed by atoms with Crippen molar-refractivity contribution in [1.29, 1.82) is 0 Å². The molecular formula is C12H13ClN2O3. The van der Waals surface area contributed by atoms with Gasteiger partial charge in [0, 0.05) is 26.4 Å². The van der Waals surface area contributed by atoms with Crippen LogP contribution in [-0.2, 0) is 0 Å². The van der Waals surface area contributed by atoms with Crippen LogP contribution in [0.1, 0.15) is 10.4 Å². The van der Waals surface area contributed by atoms with Gasteiger partial charge >= 0.3 is 6.09 Å². The summed E-state index contributed by atoms with van der Waals surface area (Å²) in [5.41, 5.74) is 0.308. The third kappa shape index (κ3) is 3.78. The van der Waals surface area contributed by atoms with Gasteiger partial charge in [-0.25, -0.2) is 4.79 Å². The lowest BCUT2D eigenvalue weighted by molar-refractivity contribution is 0.104. The van der Waals surface area contributed by atoms with E-state index >= 15 is 0 Å².